The molecule has 122 valence electrons. The van der Waals surface area contributed by atoms with Crippen molar-refractivity contribution in [1.82, 2.24) is 0 Å². The van der Waals surface area contributed by atoms with Crippen molar-refractivity contribution >= 4 is 5.69 Å². The zero-order chi connectivity index (χ0) is 15.8. The Bertz CT molecular complexity index is 637. The normalized spacial score (nSPS) is 35.3. The van der Waals surface area contributed by atoms with Gasteiger partial charge in [0.1, 0.15) is 0 Å². The molecule has 0 saturated carbocycles. The van der Waals surface area contributed by atoms with Crippen LogP contribution in [-0.2, 0) is 4.74 Å². The van der Waals surface area contributed by atoms with E-state index in [-0.39, 0.29) is 18.8 Å². The zero-order valence-electron chi connectivity index (χ0n) is 13.6. The van der Waals surface area contributed by atoms with Crippen LogP contribution in [0.5, 0.6) is 0 Å². The van der Waals surface area contributed by atoms with E-state index in [0.717, 1.165) is 19.3 Å². The standard InChI is InChI=1S/C20H25NO2/c1-13-7-10-18-17(11-13)20-16(9-8-15(12-22)23-20)19(21-18)14-5-3-2-4-6-14/h2-5,7,10-11,14-16,19-22H,6,8-9,12H2,1H3/t14?,15-,16+,19+,20+/m1/s1. The van der Waals surface area contributed by atoms with Crippen LogP contribution in [0.2, 0.25) is 0 Å². The molecule has 2 heterocycles. The molecular formula is C20H25NO2. The summed E-state index contributed by atoms with van der Waals surface area (Å²) >= 11 is 0. The lowest BCUT2D eigenvalue weighted by atomic mass is 9.73. The summed E-state index contributed by atoms with van der Waals surface area (Å²) < 4.78 is 6.31. The van der Waals surface area contributed by atoms with Gasteiger partial charge in [-0.2, -0.15) is 0 Å². The number of fused-ring (bicyclic) bond motifs is 3. The second-order valence-electron chi connectivity index (χ2n) is 7.08. The van der Waals surface area contributed by atoms with Crippen LogP contribution < -0.4 is 5.32 Å². The molecule has 5 atom stereocenters. The van der Waals surface area contributed by atoms with Gasteiger partial charge in [0.2, 0.25) is 0 Å². The van der Waals surface area contributed by atoms with Crippen LogP contribution in [0, 0.1) is 18.8 Å². The number of hydrogen-bond acceptors (Lipinski definition) is 3. The van der Waals surface area contributed by atoms with Crippen molar-refractivity contribution in [3.63, 3.8) is 0 Å². The minimum Gasteiger partial charge on any atom is -0.394 e. The molecule has 0 amide bonds. The van der Waals surface area contributed by atoms with Gasteiger partial charge < -0.3 is 15.2 Å². The van der Waals surface area contributed by atoms with Crippen molar-refractivity contribution in [2.45, 2.75) is 44.4 Å². The minimum absolute atomic E-state index is 0.0230. The number of nitrogens with one attached hydrogen (secondary N) is 1. The van der Waals surface area contributed by atoms with Crippen LogP contribution in [0.25, 0.3) is 0 Å². The van der Waals surface area contributed by atoms with Gasteiger partial charge in [-0.3, -0.25) is 0 Å². The molecule has 0 spiro atoms. The summed E-state index contributed by atoms with van der Waals surface area (Å²) in [6.45, 7) is 2.25. The van der Waals surface area contributed by atoms with Crippen LogP contribution in [0.1, 0.15) is 36.5 Å². The van der Waals surface area contributed by atoms with Crippen LogP contribution >= 0.6 is 0 Å². The summed E-state index contributed by atoms with van der Waals surface area (Å²) in [7, 11) is 0. The molecule has 0 bridgehead atoms. The summed E-state index contributed by atoms with van der Waals surface area (Å²) in [5, 5.41) is 13.3. The molecule has 3 nitrogen and oxygen atoms in total. The van der Waals surface area contributed by atoms with Crippen LogP contribution in [0.15, 0.2) is 42.5 Å². The predicted octanol–water partition coefficient (Wildman–Crippen LogP) is 3.75. The van der Waals surface area contributed by atoms with Crippen LogP contribution in [0.4, 0.5) is 5.69 Å². The number of aryl methyl sites for hydroxylation is 1. The molecule has 0 radical (unpaired) electrons. The molecule has 3 aliphatic rings. The highest BCUT2D eigenvalue weighted by atomic mass is 16.5. The first kappa shape index (κ1) is 15.0. The minimum atomic E-state index is -0.0230. The number of aliphatic hydroxyl groups is 1. The van der Waals surface area contributed by atoms with Crippen molar-refractivity contribution in [3.05, 3.63) is 53.6 Å². The highest BCUT2D eigenvalue weighted by Gasteiger charge is 2.43. The van der Waals surface area contributed by atoms with Gasteiger partial charge in [0.15, 0.2) is 0 Å². The van der Waals surface area contributed by atoms with Gasteiger partial charge in [0.05, 0.1) is 18.8 Å². The zero-order valence-corrected chi connectivity index (χ0v) is 13.6. The smallest absolute Gasteiger partial charge is 0.0897 e. The fourth-order valence-corrected chi connectivity index (χ4v) is 4.34. The Morgan fingerprint density at radius 1 is 1.26 bits per heavy atom. The van der Waals surface area contributed by atoms with E-state index in [0.29, 0.717) is 17.9 Å². The molecule has 1 fully saturated rings. The SMILES string of the molecule is Cc1ccc2c(c1)[C@H]1O[C@@H](CO)CC[C@H]1[C@H](C1C=CC=CC1)N2. The molecule has 3 heteroatoms. The second-order valence-corrected chi connectivity index (χ2v) is 7.08. The quantitative estimate of drug-likeness (QED) is 0.874. The van der Waals surface area contributed by atoms with Gasteiger partial charge in [-0.15, -0.1) is 0 Å². The number of anilines is 1. The number of hydrogen-bond donors (Lipinski definition) is 2. The highest BCUT2D eigenvalue weighted by Crippen LogP contribution is 2.48. The average Bonchev–Trinajstić information content (AvgIpc) is 2.61. The summed E-state index contributed by atoms with van der Waals surface area (Å²) in [5.41, 5.74) is 3.72. The molecule has 1 aromatic rings. The van der Waals surface area contributed by atoms with E-state index in [1.807, 2.05) is 0 Å². The van der Waals surface area contributed by atoms with Gasteiger partial charge in [-0.05, 0) is 32.3 Å². The third-order valence-corrected chi connectivity index (χ3v) is 5.53. The number of allylic oxidation sites excluding steroid dienone is 3. The van der Waals surface area contributed by atoms with Gasteiger partial charge >= 0.3 is 0 Å². The van der Waals surface area contributed by atoms with E-state index in [1.165, 1.54) is 16.8 Å². The van der Waals surface area contributed by atoms with Crippen LogP contribution in [-0.4, -0.2) is 23.9 Å². The first-order valence-corrected chi connectivity index (χ1v) is 8.73. The Hall–Kier alpha value is -1.58. The number of ether oxygens (including phenoxy) is 1. The first-order valence-electron chi connectivity index (χ1n) is 8.73. The fourth-order valence-electron chi connectivity index (χ4n) is 4.34. The number of aliphatic hydroxyl groups excluding tert-OH is 1. The van der Waals surface area contributed by atoms with Gasteiger partial charge in [-0.25, -0.2) is 0 Å². The first-order chi connectivity index (χ1) is 11.3. The number of benzene rings is 1. The van der Waals surface area contributed by atoms with E-state index in [2.05, 4.69) is 54.7 Å². The maximum atomic E-state index is 9.54. The van der Waals surface area contributed by atoms with Crippen molar-refractivity contribution in [1.29, 1.82) is 0 Å². The molecule has 1 saturated heterocycles. The maximum Gasteiger partial charge on any atom is 0.0897 e. The molecular weight excluding hydrogens is 286 g/mol. The molecule has 2 N–H and O–H groups in total. The lowest BCUT2D eigenvalue weighted by Gasteiger charge is -2.47. The maximum absolute atomic E-state index is 9.54. The van der Waals surface area contributed by atoms with Gasteiger partial charge in [0, 0.05) is 29.1 Å². The molecule has 23 heavy (non-hydrogen) atoms. The summed E-state index contributed by atoms with van der Waals surface area (Å²) in [6.07, 6.45) is 12.1. The molecule has 1 unspecified atom stereocenters. The lowest BCUT2D eigenvalue weighted by Crippen LogP contribution is -2.47. The Kier molecular flexibility index (Phi) is 4.00. The third kappa shape index (κ3) is 2.73. The predicted molar refractivity (Wildman–Crippen MR) is 92.4 cm³/mol. The molecule has 1 aliphatic carbocycles. The molecule has 0 aromatic heterocycles. The average molecular weight is 311 g/mol. The van der Waals surface area contributed by atoms with E-state index in [1.54, 1.807) is 0 Å². The van der Waals surface area contributed by atoms with E-state index in [4.69, 9.17) is 4.74 Å². The molecule has 1 aromatic carbocycles. The molecule has 2 aliphatic heterocycles. The Labute approximate surface area is 138 Å². The second kappa shape index (κ2) is 6.14. The Morgan fingerprint density at radius 2 is 2.17 bits per heavy atom. The molecule has 4 rings (SSSR count). The summed E-state index contributed by atoms with van der Waals surface area (Å²) in [6, 6.07) is 6.98. The monoisotopic (exact) mass is 311 g/mol. The van der Waals surface area contributed by atoms with Gasteiger partial charge in [-0.1, -0.05) is 42.0 Å². The fraction of sp³-hybridized carbons (Fsp3) is 0.500. The van der Waals surface area contributed by atoms with Crippen molar-refractivity contribution < 1.29 is 9.84 Å². The Morgan fingerprint density at radius 3 is 2.96 bits per heavy atom. The largest absolute Gasteiger partial charge is 0.394 e. The van der Waals surface area contributed by atoms with E-state index >= 15 is 0 Å². The van der Waals surface area contributed by atoms with Crippen LogP contribution in [0.3, 0.4) is 0 Å². The number of rotatable bonds is 2. The van der Waals surface area contributed by atoms with Crippen molar-refractivity contribution in [3.8, 4) is 0 Å². The van der Waals surface area contributed by atoms with Crippen molar-refractivity contribution in [2.75, 3.05) is 11.9 Å². The topological polar surface area (TPSA) is 41.5 Å². The lowest BCUT2D eigenvalue weighted by molar-refractivity contribution is -0.112. The van der Waals surface area contributed by atoms with Crippen molar-refractivity contribution in [2.24, 2.45) is 11.8 Å². The Balaban J connectivity index is 1.70. The summed E-state index contributed by atoms with van der Waals surface area (Å²) in [4.78, 5) is 0. The highest BCUT2D eigenvalue weighted by molar-refractivity contribution is 5.57. The van der Waals surface area contributed by atoms with E-state index in [9.17, 15) is 5.11 Å². The van der Waals surface area contributed by atoms with Gasteiger partial charge in [0.25, 0.3) is 0 Å². The third-order valence-electron chi connectivity index (χ3n) is 5.53. The summed E-state index contributed by atoms with van der Waals surface area (Å²) in [5.74, 6) is 0.976. The van der Waals surface area contributed by atoms with E-state index < -0.39 is 0 Å².